The van der Waals surface area contributed by atoms with Gasteiger partial charge in [-0.1, -0.05) is 18.2 Å². The minimum Gasteiger partial charge on any atom is -0.497 e. The van der Waals surface area contributed by atoms with Gasteiger partial charge in [0.05, 0.1) is 12.0 Å². The van der Waals surface area contributed by atoms with Gasteiger partial charge in [0, 0.05) is 17.7 Å². The van der Waals surface area contributed by atoms with Crippen LogP contribution in [0.1, 0.15) is 21.5 Å². The number of nitrogens with two attached hydrogens (primary N) is 1. The van der Waals surface area contributed by atoms with Gasteiger partial charge in [-0.2, -0.15) is 0 Å². The molecule has 0 atom stereocenters. The smallest absolute Gasteiger partial charge is 0.270 e. The summed E-state index contributed by atoms with van der Waals surface area (Å²) in [7, 11) is 1.58. The molecule has 6 nitrogen and oxygen atoms in total. The molecule has 0 heterocycles. The lowest BCUT2D eigenvalue weighted by atomic mass is 9.98. The number of hydrogen-bond acceptors (Lipinski definition) is 4. The van der Waals surface area contributed by atoms with Crippen LogP contribution in [-0.4, -0.2) is 17.9 Å². The van der Waals surface area contributed by atoms with Crippen LogP contribution in [0.2, 0.25) is 0 Å². The van der Waals surface area contributed by atoms with Crippen molar-refractivity contribution in [2.75, 3.05) is 7.11 Å². The van der Waals surface area contributed by atoms with E-state index in [9.17, 15) is 14.9 Å². The molecule has 2 aromatic carbocycles. The third-order valence-electron chi connectivity index (χ3n) is 3.12. The van der Waals surface area contributed by atoms with Crippen molar-refractivity contribution in [3.8, 4) is 5.75 Å². The molecule has 0 unspecified atom stereocenters. The van der Waals surface area contributed by atoms with Crippen molar-refractivity contribution in [3.63, 3.8) is 0 Å². The Morgan fingerprint density at radius 2 is 1.90 bits per heavy atom. The second kappa shape index (κ2) is 6.04. The van der Waals surface area contributed by atoms with E-state index < -0.39 is 10.8 Å². The maximum Gasteiger partial charge on any atom is 0.270 e. The van der Waals surface area contributed by atoms with Crippen LogP contribution in [-0.2, 0) is 6.42 Å². The summed E-state index contributed by atoms with van der Waals surface area (Å²) in [6, 6.07) is 11.5. The molecule has 0 saturated carbocycles. The summed E-state index contributed by atoms with van der Waals surface area (Å²) in [6.45, 7) is 0. The number of methoxy groups -OCH3 is 1. The summed E-state index contributed by atoms with van der Waals surface area (Å²) in [5, 5.41) is 10.8. The number of non-ortho nitro benzene ring substituents is 1. The first kappa shape index (κ1) is 14.5. The minimum absolute atomic E-state index is 0.151. The highest BCUT2D eigenvalue weighted by Crippen LogP contribution is 2.21. The molecule has 108 valence electrons. The lowest BCUT2D eigenvalue weighted by molar-refractivity contribution is -0.384. The van der Waals surface area contributed by atoms with E-state index in [1.165, 1.54) is 12.1 Å². The highest BCUT2D eigenvalue weighted by atomic mass is 16.6. The summed E-state index contributed by atoms with van der Waals surface area (Å²) in [5.74, 6) is 0.0554. The van der Waals surface area contributed by atoms with Crippen LogP contribution in [0.5, 0.6) is 5.75 Å². The molecular weight excluding hydrogens is 272 g/mol. The molecule has 0 aliphatic heterocycles. The number of carbonyl (C=O) groups is 1. The number of nitro benzene ring substituents is 1. The van der Waals surface area contributed by atoms with E-state index >= 15 is 0 Å². The summed E-state index contributed by atoms with van der Waals surface area (Å²) in [4.78, 5) is 21.7. The number of rotatable bonds is 5. The SMILES string of the molecule is COc1ccc(Cc2ccc([N+](=O)[O-])cc2C(N)=O)cc1. The lowest BCUT2D eigenvalue weighted by Crippen LogP contribution is -2.14. The fraction of sp³-hybridized carbons (Fsp3) is 0.133. The summed E-state index contributed by atoms with van der Waals surface area (Å²) in [5.41, 5.74) is 6.92. The van der Waals surface area contributed by atoms with Crippen LogP contribution in [0, 0.1) is 10.1 Å². The van der Waals surface area contributed by atoms with Gasteiger partial charge in [-0.25, -0.2) is 0 Å². The number of primary amides is 1. The van der Waals surface area contributed by atoms with Crippen LogP contribution < -0.4 is 10.5 Å². The average Bonchev–Trinajstić information content (AvgIpc) is 2.48. The number of nitrogens with zero attached hydrogens (tertiary/aromatic N) is 1. The van der Waals surface area contributed by atoms with E-state index in [1.807, 2.05) is 24.3 Å². The minimum atomic E-state index is -0.679. The topological polar surface area (TPSA) is 95.5 Å². The maximum absolute atomic E-state index is 11.5. The standard InChI is InChI=1S/C15H14N2O4/c1-21-13-6-2-10(3-7-13)8-11-4-5-12(17(19)20)9-14(11)15(16)18/h2-7,9H,8H2,1H3,(H2,16,18). The number of benzene rings is 2. The zero-order valence-electron chi connectivity index (χ0n) is 11.4. The van der Waals surface area contributed by atoms with Crippen LogP contribution in [0.3, 0.4) is 0 Å². The first-order valence-electron chi connectivity index (χ1n) is 6.21. The fourth-order valence-corrected chi connectivity index (χ4v) is 2.02. The van der Waals surface area contributed by atoms with Crippen molar-refractivity contribution in [1.29, 1.82) is 0 Å². The van der Waals surface area contributed by atoms with Gasteiger partial charge in [-0.3, -0.25) is 14.9 Å². The number of carbonyl (C=O) groups excluding carboxylic acids is 1. The first-order valence-corrected chi connectivity index (χ1v) is 6.21. The normalized spacial score (nSPS) is 10.1. The fourth-order valence-electron chi connectivity index (χ4n) is 2.02. The van der Waals surface area contributed by atoms with Crippen molar-refractivity contribution < 1.29 is 14.5 Å². The van der Waals surface area contributed by atoms with Gasteiger partial charge < -0.3 is 10.5 Å². The summed E-state index contributed by atoms with van der Waals surface area (Å²) >= 11 is 0. The van der Waals surface area contributed by atoms with Gasteiger partial charge in [-0.15, -0.1) is 0 Å². The number of amides is 1. The Balaban J connectivity index is 2.34. The van der Waals surface area contributed by atoms with Crippen LogP contribution >= 0.6 is 0 Å². The molecule has 0 aromatic heterocycles. The molecule has 0 aliphatic carbocycles. The molecule has 2 aromatic rings. The molecule has 1 amide bonds. The molecule has 21 heavy (non-hydrogen) atoms. The van der Waals surface area contributed by atoms with Gasteiger partial charge in [0.1, 0.15) is 5.75 Å². The van der Waals surface area contributed by atoms with Crippen molar-refractivity contribution in [3.05, 3.63) is 69.3 Å². The highest BCUT2D eigenvalue weighted by Gasteiger charge is 2.14. The van der Waals surface area contributed by atoms with Crippen molar-refractivity contribution in [2.24, 2.45) is 5.73 Å². The number of ether oxygens (including phenoxy) is 1. The molecule has 0 bridgehead atoms. The Morgan fingerprint density at radius 1 is 1.24 bits per heavy atom. The lowest BCUT2D eigenvalue weighted by Gasteiger charge is -2.08. The van der Waals surface area contributed by atoms with E-state index in [2.05, 4.69) is 0 Å². The maximum atomic E-state index is 11.5. The largest absolute Gasteiger partial charge is 0.497 e. The molecular formula is C15H14N2O4. The van der Waals surface area contributed by atoms with Gasteiger partial charge in [-0.05, 0) is 29.7 Å². The summed E-state index contributed by atoms with van der Waals surface area (Å²) < 4.78 is 5.07. The monoisotopic (exact) mass is 286 g/mol. The number of hydrogen-bond donors (Lipinski definition) is 1. The molecule has 2 N–H and O–H groups in total. The highest BCUT2D eigenvalue weighted by molar-refractivity contribution is 5.95. The Kier molecular flexibility index (Phi) is 4.18. The van der Waals surface area contributed by atoms with E-state index in [4.69, 9.17) is 10.5 Å². The molecule has 0 radical (unpaired) electrons. The molecule has 6 heteroatoms. The van der Waals surface area contributed by atoms with Crippen molar-refractivity contribution in [1.82, 2.24) is 0 Å². The van der Waals surface area contributed by atoms with Crippen LogP contribution in [0.15, 0.2) is 42.5 Å². The third kappa shape index (κ3) is 3.36. The van der Waals surface area contributed by atoms with E-state index in [1.54, 1.807) is 13.2 Å². The quantitative estimate of drug-likeness (QED) is 0.673. The summed E-state index contributed by atoms with van der Waals surface area (Å²) in [6.07, 6.45) is 0.459. The van der Waals surface area contributed by atoms with E-state index in [0.717, 1.165) is 11.3 Å². The van der Waals surface area contributed by atoms with Crippen LogP contribution in [0.4, 0.5) is 5.69 Å². The van der Waals surface area contributed by atoms with Gasteiger partial charge >= 0.3 is 0 Å². The second-order valence-corrected chi connectivity index (χ2v) is 4.49. The Bertz CT molecular complexity index is 681. The zero-order chi connectivity index (χ0) is 15.4. The van der Waals surface area contributed by atoms with Crippen molar-refractivity contribution in [2.45, 2.75) is 6.42 Å². The average molecular weight is 286 g/mol. The Morgan fingerprint density at radius 3 is 2.43 bits per heavy atom. The van der Waals surface area contributed by atoms with Crippen molar-refractivity contribution >= 4 is 11.6 Å². The van der Waals surface area contributed by atoms with Gasteiger partial charge in [0.25, 0.3) is 5.69 Å². The third-order valence-corrected chi connectivity index (χ3v) is 3.12. The molecule has 0 fully saturated rings. The first-order chi connectivity index (χ1) is 10.0. The molecule has 0 aliphatic rings. The molecule has 0 spiro atoms. The van der Waals surface area contributed by atoms with E-state index in [-0.39, 0.29) is 11.3 Å². The molecule has 2 rings (SSSR count). The second-order valence-electron chi connectivity index (χ2n) is 4.49. The number of nitro groups is 1. The molecule has 0 saturated heterocycles. The predicted octanol–water partition coefficient (Wildman–Crippen LogP) is 2.29. The Labute approximate surface area is 121 Å². The van der Waals surface area contributed by atoms with Crippen LogP contribution in [0.25, 0.3) is 0 Å². The van der Waals surface area contributed by atoms with Gasteiger partial charge in [0.2, 0.25) is 5.91 Å². The van der Waals surface area contributed by atoms with Gasteiger partial charge in [0.15, 0.2) is 0 Å². The predicted molar refractivity (Wildman–Crippen MR) is 77.4 cm³/mol. The Hall–Kier alpha value is -2.89. The zero-order valence-corrected chi connectivity index (χ0v) is 11.4. The van der Waals surface area contributed by atoms with E-state index in [0.29, 0.717) is 12.0 Å².